The first-order valence-electron chi connectivity index (χ1n) is 5.60. The van der Waals surface area contributed by atoms with Crippen molar-refractivity contribution in [1.29, 1.82) is 0 Å². The van der Waals surface area contributed by atoms with E-state index in [2.05, 4.69) is 5.18 Å². The molecule has 0 aliphatic carbocycles. The zero-order valence-corrected chi connectivity index (χ0v) is 9.70. The molecule has 6 heteroatoms. The van der Waals surface area contributed by atoms with Gasteiger partial charge in [-0.15, -0.1) is 4.91 Å². The van der Waals surface area contributed by atoms with Crippen molar-refractivity contribution in [1.82, 2.24) is 0 Å². The maximum absolute atomic E-state index is 10.9. The minimum Gasteiger partial charge on any atom is -0.457 e. The van der Waals surface area contributed by atoms with Gasteiger partial charge in [0.05, 0.1) is 4.92 Å². The molecule has 2 aromatic rings. The standard InChI is InChI=1S/C13H8N2O4/c16-14-13-9-7-8-3-1-2-4-11(8)19-12(9)6-5-10(13)15(17)18/h1-6H,7H2. The van der Waals surface area contributed by atoms with Gasteiger partial charge >= 0.3 is 0 Å². The van der Waals surface area contributed by atoms with E-state index in [-0.39, 0.29) is 11.4 Å². The van der Waals surface area contributed by atoms with E-state index in [9.17, 15) is 15.0 Å². The van der Waals surface area contributed by atoms with Crippen LogP contribution in [0.2, 0.25) is 0 Å². The molecule has 6 nitrogen and oxygen atoms in total. The predicted molar refractivity (Wildman–Crippen MR) is 67.9 cm³/mol. The van der Waals surface area contributed by atoms with Gasteiger partial charge in [0.25, 0.3) is 5.69 Å². The monoisotopic (exact) mass is 256 g/mol. The lowest BCUT2D eigenvalue weighted by Crippen LogP contribution is -2.04. The fourth-order valence-corrected chi connectivity index (χ4v) is 2.18. The molecule has 0 atom stereocenters. The molecule has 0 aromatic heterocycles. The third kappa shape index (κ3) is 1.74. The third-order valence-corrected chi connectivity index (χ3v) is 3.07. The molecule has 3 rings (SSSR count). The number of nitro groups is 1. The van der Waals surface area contributed by atoms with Crippen molar-refractivity contribution in [3.05, 3.63) is 62.5 Å². The summed E-state index contributed by atoms with van der Waals surface area (Å²) >= 11 is 0. The van der Waals surface area contributed by atoms with Gasteiger partial charge in [-0.25, -0.2) is 0 Å². The van der Waals surface area contributed by atoms with Crippen molar-refractivity contribution in [2.45, 2.75) is 6.42 Å². The number of fused-ring (bicyclic) bond motifs is 2. The molecule has 0 unspecified atom stereocenters. The van der Waals surface area contributed by atoms with Crippen molar-refractivity contribution in [2.75, 3.05) is 0 Å². The Balaban J connectivity index is 2.18. The van der Waals surface area contributed by atoms with Gasteiger partial charge in [-0.1, -0.05) is 18.2 Å². The molecule has 2 aromatic carbocycles. The van der Waals surface area contributed by atoms with Crippen LogP contribution < -0.4 is 4.74 Å². The fraction of sp³-hybridized carbons (Fsp3) is 0.0769. The zero-order valence-electron chi connectivity index (χ0n) is 9.70. The summed E-state index contributed by atoms with van der Waals surface area (Å²) < 4.78 is 5.63. The van der Waals surface area contributed by atoms with E-state index in [0.29, 0.717) is 23.5 Å². The van der Waals surface area contributed by atoms with E-state index in [1.165, 1.54) is 12.1 Å². The van der Waals surface area contributed by atoms with E-state index in [1.54, 1.807) is 0 Å². The lowest BCUT2D eigenvalue weighted by atomic mass is 9.98. The first-order chi connectivity index (χ1) is 9.20. The normalized spacial score (nSPS) is 12.0. The highest BCUT2D eigenvalue weighted by Gasteiger charge is 2.26. The Labute approximate surface area is 107 Å². The molecule has 0 spiro atoms. The second kappa shape index (κ2) is 4.16. The summed E-state index contributed by atoms with van der Waals surface area (Å²) in [7, 11) is 0. The Morgan fingerprint density at radius 1 is 1.16 bits per heavy atom. The van der Waals surface area contributed by atoms with Crippen LogP contribution in [0.15, 0.2) is 41.6 Å². The lowest BCUT2D eigenvalue weighted by Gasteiger charge is -2.20. The smallest absolute Gasteiger partial charge is 0.299 e. The minimum atomic E-state index is -0.614. The maximum atomic E-state index is 10.9. The van der Waals surface area contributed by atoms with Crippen LogP contribution in [0.1, 0.15) is 11.1 Å². The average molecular weight is 256 g/mol. The first kappa shape index (κ1) is 11.3. The summed E-state index contributed by atoms with van der Waals surface area (Å²) in [6.45, 7) is 0. The Morgan fingerprint density at radius 3 is 2.68 bits per heavy atom. The predicted octanol–water partition coefficient (Wildman–Crippen LogP) is 3.69. The van der Waals surface area contributed by atoms with E-state index in [1.807, 2.05) is 24.3 Å². The van der Waals surface area contributed by atoms with Crippen LogP contribution in [0.4, 0.5) is 11.4 Å². The molecular formula is C13H8N2O4. The quantitative estimate of drug-likeness (QED) is 0.397. The van der Waals surface area contributed by atoms with Crippen LogP contribution in [0.5, 0.6) is 11.5 Å². The lowest BCUT2D eigenvalue weighted by molar-refractivity contribution is -0.384. The molecule has 0 amide bonds. The van der Waals surface area contributed by atoms with Gasteiger partial charge in [0, 0.05) is 18.1 Å². The van der Waals surface area contributed by atoms with Crippen molar-refractivity contribution in [2.24, 2.45) is 5.18 Å². The Bertz CT molecular complexity index is 697. The molecule has 0 radical (unpaired) electrons. The molecule has 0 fully saturated rings. The topological polar surface area (TPSA) is 81.8 Å². The summed E-state index contributed by atoms with van der Waals surface area (Å²) in [6, 6.07) is 10.1. The van der Waals surface area contributed by atoms with Gasteiger partial charge in [-0.05, 0) is 22.9 Å². The van der Waals surface area contributed by atoms with Gasteiger partial charge < -0.3 is 4.74 Å². The van der Waals surface area contributed by atoms with Gasteiger partial charge in [-0.2, -0.15) is 0 Å². The highest BCUT2D eigenvalue weighted by Crippen LogP contribution is 2.44. The van der Waals surface area contributed by atoms with Crippen molar-refractivity contribution >= 4 is 11.4 Å². The van der Waals surface area contributed by atoms with Crippen molar-refractivity contribution in [3.63, 3.8) is 0 Å². The van der Waals surface area contributed by atoms with Crippen LogP contribution in [0.25, 0.3) is 0 Å². The first-order valence-corrected chi connectivity index (χ1v) is 5.60. The summed E-state index contributed by atoms with van der Waals surface area (Å²) in [5.74, 6) is 1.14. The van der Waals surface area contributed by atoms with E-state index >= 15 is 0 Å². The molecule has 0 bridgehead atoms. The van der Waals surface area contributed by atoms with Gasteiger partial charge in [0.1, 0.15) is 11.5 Å². The van der Waals surface area contributed by atoms with Gasteiger partial charge in [0.2, 0.25) is 0 Å². The molecule has 94 valence electrons. The average Bonchev–Trinajstić information content (AvgIpc) is 2.43. The van der Waals surface area contributed by atoms with Gasteiger partial charge in [0.15, 0.2) is 5.69 Å². The van der Waals surface area contributed by atoms with E-state index < -0.39 is 4.92 Å². The van der Waals surface area contributed by atoms with Crippen molar-refractivity contribution in [3.8, 4) is 11.5 Å². The van der Waals surface area contributed by atoms with Crippen molar-refractivity contribution < 1.29 is 9.66 Å². The molecule has 19 heavy (non-hydrogen) atoms. The number of para-hydroxylation sites is 1. The summed E-state index contributed by atoms with van der Waals surface area (Å²) in [6.07, 6.45) is 0.397. The number of nitro benzene ring substituents is 1. The highest BCUT2D eigenvalue weighted by molar-refractivity contribution is 5.69. The SMILES string of the molecule is O=Nc1c([N+](=O)[O-])ccc2c1Cc1ccccc1O2. The molecular weight excluding hydrogens is 248 g/mol. The van der Waals surface area contributed by atoms with Crippen LogP contribution in [-0.4, -0.2) is 4.92 Å². The number of nitroso groups, excluding NO2 is 1. The number of ether oxygens (including phenoxy) is 1. The fourth-order valence-electron chi connectivity index (χ4n) is 2.18. The molecule has 1 aliphatic heterocycles. The van der Waals surface area contributed by atoms with Crippen LogP contribution in [-0.2, 0) is 6.42 Å². The number of rotatable bonds is 2. The van der Waals surface area contributed by atoms with Crippen LogP contribution in [0, 0.1) is 15.0 Å². The molecule has 1 heterocycles. The minimum absolute atomic E-state index is 0.156. The summed E-state index contributed by atoms with van der Waals surface area (Å²) in [5, 5.41) is 13.7. The second-order valence-corrected chi connectivity index (χ2v) is 4.14. The Hall–Kier alpha value is -2.76. The number of hydrogen-bond donors (Lipinski definition) is 0. The van der Waals surface area contributed by atoms with Crippen LogP contribution in [0.3, 0.4) is 0 Å². The van der Waals surface area contributed by atoms with Crippen LogP contribution >= 0.6 is 0 Å². The molecule has 0 saturated heterocycles. The van der Waals surface area contributed by atoms with Gasteiger partial charge in [-0.3, -0.25) is 10.1 Å². The van der Waals surface area contributed by atoms with E-state index in [0.717, 1.165) is 5.56 Å². The maximum Gasteiger partial charge on any atom is 0.299 e. The Kier molecular flexibility index (Phi) is 2.49. The third-order valence-electron chi connectivity index (χ3n) is 3.07. The van der Waals surface area contributed by atoms with E-state index in [4.69, 9.17) is 4.74 Å². The zero-order chi connectivity index (χ0) is 13.4. The molecule has 1 aliphatic rings. The number of hydrogen-bond acceptors (Lipinski definition) is 5. The number of nitrogens with zero attached hydrogens (tertiary/aromatic N) is 2. The highest BCUT2D eigenvalue weighted by atomic mass is 16.6. The molecule has 0 N–H and O–H groups in total. The second-order valence-electron chi connectivity index (χ2n) is 4.14. The largest absolute Gasteiger partial charge is 0.457 e. The summed E-state index contributed by atoms with van der Waals surface area (Å²) in [4.78, 5) is 21.2. The summed E-state index contributed by atoms with van der Waals surface area (Å²) in [5.41, 5.74) is 0.886. The molecule has 0 saturated carbocycles. The number of benzene rings is 2. The Morgan fingerprint density at radius 2 is 1.95 bits per heavy atom.